The van der Waals surface area contributed by atoms with Gasteiger partial charge in [0, 0.05) is 18.7 Å². The van der Waals surface area contributed by atoms with Crippen LogP contribution in [0.5, 0.6) is 0 Å². The molecule has 1 unspecified atom stereocenters. The molecule has 1 aromatic heterocycles. The van der Waals surface area contributed by atoms with Crippen molar-refractivity contribution in [2.75, 3.05) is 30.3 Å². The molecule has 7 nitrogen and oxygen atoms in total. The molecule has 2 aliphatic rings. The molecular formula is C19H22Cl2N6O. The van der Waals surface area contributed by atoms with Gasteiger partial charge in [-0.3, -0.25) is 4.79 Å². The number of nitrogen functional groups attached to an aromatic ring is 1. The SMILES string of the molecule is NCC1CN(c2nc(N)c(-c3cccc(Cl)c3Cl)c(C(N)=O)n2)CC12CCC2. The standard InChI is InChI=1S/C19H22Cl2N6O/c20-12-4-1-3-11(14(12)21)13-15(17(24)28)25-18(26-16(13)23)27-8-10(7-22)19(9-27)5-2-6-19/h1,3-4,10H,2,5-9,22H2,(H2,24,28)(H2,23,25,26). The van der Waals surface area contributed by atoms with E-state index >= 15 is 0 Å². The molecule has 1 atom stereocenters. The first-order valence-electron chi connectivity index (χ1n) is 9.23. The Morgan fingerprint density at radius 1 is 1.29 bits per heavy atom. The number of nitrogens with zero attached hydrogens (tertiary/aromatic N) is 3. The normalized spacial score (nSPS) is 20.4. The Hall–Kier alpha value is -2.09. The molecule has 1 amide bonds. The number of aromatic nitrogens is 2. The molecule has 1 saturated carbocycles. The first-order chi connectivity index (χ1) is 13.4. The van der Waals surface area contributed by atoms with Gasteiger partial charge in [-0.1, -0.05) is 41.8 Å². The minimum absolute atomic E-state index is 0.0329. The molecule has 148 valence electrons. The van der Waals surface area contributed by atoms with Gasteiger partial charge in [-0.2, -0.15) is 4.98 Å². The Kier molecular flexibility index (Phi) is 4.85. The van der Waals surface area contributed by atoms with E-state index in [1.54, 1.807) is 18.2 Å². The van der Waals surface area contributed by atoms with E-state index in [1.807, 2.05) is 0 Å². The van der Waals surface area contributed by atoms with Crippen molar-refractivity contribution in [1.29, 1.82) is 0 Å². The van der Waals surface area contributed by atoms with Gasteiger partial charge in [-0.05, 0) is 36.8 Å². The van der Waals surface area contributed by atoms with Crippen LogP contribution >= 0.6 is 23.2 Å². The Bertz CT molecular complexity index is 946. The Balaban J connectivity index is 1.78. The smallest absolute Gasteiger partial charge is 0.268 e. The largest absolute Gasteiger partial charge is 0.383 e. The predicted molar refractivity (Wildman–Crippen MR) is 111 cm³/mol. The fourth-order valence-electron chi connectivity index (χ4n) is 4.46. The monoisotopic (exact) mass is 420 g/mol. The number of anilines is 2. The first-order valence-corrected chi connectivity index (χ1v) is 9.98. The molecule has 1 aliphatic carbocycles. The van der Waals surface area contributed by atoms with Crippen LogP contribution < -0.4 is 22.1 Å². The summed E-state index contributed by atoms with van der Waals surface area (Å²) in [7, 11) is 0. The molecule has 2 fully saturated rings. The topological polar surface area (TPSA) is 124 Å². The van der Waals surface area contributed by atoms with Gasteiger partial charge in [0.1, 0.15) is 11.5 Å². The number of nitrogens with two attached hydrogens (primary N) is 3. The third-order valence-electron chi connectivity index (χ3n) is 6.11. The van der Waals surface area contributed by atoms with Gasteiger partial charge in [0.2, 0.25) is 5.95 Å². The third-order valence-corrected chi connectivity index (χ3v) is 6.93. The summed E-state index contributed by atoms with van der Waals surface area (Å²) in [6, 6.07) is 5.07. The van der Waals surface area contributed by atoms with Gasteiger partial charge >= 0.3 is 0 Å². The summed E-state index contributed by atoms with van der Waals surface area (Å²) < 4.78 is 0. The zero-order valence-electron chi connectivity index (χ0n) is 15.3. The average Bonchev–Trinajstić information content (AvgIpc) is 3.04. The summed E-state index contributed by atoms with van der Waals surface area (Å²) in [5.74, 6) is 0.219. The molecule has 2 heterocycles. The van der Waals surface area contributed by atoms with Gasteiger partial charge in [0.05, 0.1) is 15.6 Å². The maximum atomic E-state index is 12.2. The molecule has 6 N–H and O–H groups in total. The van der Waals surface area contributed by atoms with Crippen LogP contribution in [0.4, 0.5) is 11.8 Å². The molecule has 1 aliphatic heterocycles. The lowest BCUT2D eigenvalue weighted by Crippen LogP contribution is -2.40. The van der Waals surface area contributed by atoms with Crippen LogP contribution in [0.1, 0.15) is 29.8 Å². The summed E-state index contributed by atoms with van der Waals surface area (Å²) >= 11 is 12.4. The van der Waals surface area contributed by atoms with Crippen LogP contribution in [-0.4, -0.2) is 35.5 Å². The fraction of sp³-hybridized carbons (Fsp3) is 0.421. The lowest BCUT2D eigenvalue weighted by Gasteiger charge is -2.42. The molecule has 28 heavy (non-hydrogen) atoms. The van der Waals surface area contributed by atoms with E-state index in [4.69, 9.17) is 40.4 Å². The number of primary amides is 1. The van der Waals surface area contributed by atoms with Crippen LogP contribution in [0.25, 0.3) is 11.1 Å². The number of amides is 1. The van der Waals surface area contributed by atoms with Crippen molar-refractivity contribution < 1.29 is 4.79 Å². The van der Waals surface area contributed by atoms with Crippen molar-refractivity contribution in [3.63, 3.8) is 0 Å². The third kappa shape index (κ3) is 2.98. The van der Waals surface area contributed by atoms with Gasteiger partial charge in [0.25, 0.3) is 5.91 Å². The summed E-state index contributed by atoms with van der Waals surface area (Å²) in [5.41, 5.74) is 18.9. The molecule has 9 heteroatoms. The molecular weight excluding hydrogens is 399 g/mol. The zero-order valence-corrected chi connectivity index (χ0v) is 16.8. The number of benzene rings is 1. The lowest BCUT2D eigenvalue weighted by atomic mass is 9.63. The molecule has 1 spiro atoms. The second-order valence-corrected chi connectivity index (χ2v) is 8.41. The van der Waals surface area contributed by atoms with E-state index in [-0.39, 0.29) is 21.9 Å². The highest BCUT2D eigenvalue weighted by Crippen LogP contribution is 2.52. The van der Waals surface area contributed by atoms with Crippen molar-refractivity contribution in [1.82, 2.24) is 9.97 Å². The van der Waals surface area contributed by atoms with E-state index in [1.165, 1.54) is 6.42 Å². The second kappa shape index (κ2) is 7.06. The quantitative estimate of drug-likeness (QED) is 0.697. The molecule has 4 rings (SSSR count). The Morgan fingerprint density at radius 2 is 2.04 bits per heavy atom. The van der Waals surface area contributed by atoms with Crippen LogP contribution in [0.15, 0.2) is 18.2 Å². The summed E-state index contributed by atoms with van der Waals surface area (Å²) in [6.07, 6.45) is 3.52. The highest BCUT2D eigenvalue weighted by Gasteiger charge is 2.50. The van der Waals surface area contributed by atoms with Crippen LogP contribution in [0.3, 0.4) is 0 Å². The van der Waals surface area contributed by atoms with Gasteiger partial charge < -0.3 is 22.1 Å². The predicted octanol–water partition coefficient (Wildman–Crippen LogP) is 2.70. The maximum Gasteiger partial charge on any atom is 0.268 e. The van der Waals surface area contributed by atoms with E-state index < -0.39 is 5.91 Å². The molecule has 0 bridgehead atoms. The molecule has 1 saturated heterocycles. The minimum atomic E-state index is -0.700. The number of carbonyl (C=O) groups is 1. The molecule has 0 radical (unpaired) electrons. The number of halogens is 2. The van der Waals surface area contributed by atoms with Crippen molar-refractivity contribution >= 4 is 40.9 Å². The number of hydrogen-bond acceptors (Lipinski definition) is 6. The van der Waals surface area contributed by atoms with Crippen LogP contribution in [-0.2, 0) is 0 Å². The van der Waals surface area contributed by atoms with Crippen LogP contribution in [0, 0.1) is 11.3 Å². The van der Waals surface area contributed by atoms with Crippen molar-refractivity contribution in [2.24, 2.45) is 22.8 Å². The second-order valence-electron chi connectivity index (χ2n) is 7.63. The van der Waals surface area contributed by atoms with Crippen molar-refractivity contribution in [3.05, 3.63) is 33.9 Å². The van der Waals surface area contributed by atoms with E-state index in [9.17, 15) is 4.79 Å². The van der Waals surface area contributed by atoms with Gasteiger partial charge in [-0.25, -0.2) is 4.98 Å². The van der Waals surface area contributed by atoms with Gasteiger partial charge in [-0.15, -0.1) is 0 Å². The highest BCUT2D eigenvalue weighted by molar-refractivity contribution is 6.44. The Labute approximate surface area is 173 Å². The van der Waals surface area contributed by atoms with Gasteiger partial charge in [0.15, 0.2) is 0 Å². The van der Waals surface area contributed by atoms with E-state index in [2.05, 4.69) is 14.9 Å². The van der Waals surface area contributed by atoms with E-state index in [0.717, 1.165) is 25.9 Å². The van der Waals surface area contributed by atoms with Crippen LogP contribution in [0.2, 0.25) is 10.0 Å². The summed E-state index contributed by atoms with van der Waals surface area (Å²) in [4.78, 5) is 23.2. The molecule has 1 aromatic carbocycles. The number of rotatable bonds is 4. The maximum absolute atomic E-state index is 12.2. The minimum Gasteiger partial charge on any atom is -0.383 e. The number of hydrogen-bond donors (Lipinski definition) is 3. The molecule has 2 aromatic rings. The summed E-state index contributed by atoms with van der Waals surface area (Å²) in [5, 5.41) is 0.614. The highest BCUT2D eigenvalue weighted by atomic mass is 35.5. The van der Waals surface area contributed by atoms with E-state index in [0.29, 0.717) is 34.6 Å². The first kappa shape index (κ1) is 19.2. The Morgan fingerprint density at radius 3 is 2.61 bits per heavy atom. The lowest BCUT2D eigenvalue weighted by molar-refractivity contribution is 0.0996. The van der Waals surface area contributed by atoms with Crippen molar-refractivity contribution in [3.8, 4) is 11.1 Å². The fourth-order valence-corrected chi connectivity index (χ4v) is 4.85. The summed E-state index contributed by atoms with van der Waals surface area (Å²) in [6.45, 7) is 2.17. The van der Waals surface area contributed by atoms with Crippen molar-refractivity contribution in [2.45, 2.75) is 19.3 Å². The zero-order chi connectivity index (χ0) is 20.1. The number of carbonyl (C=O) groups excluding carboxylic acids is 1. The average molecular weight is 421 g/mol.